The number of halogens is 1. The average Bonchev–Trinajstić information content (AvgIpc) is 3.80. The molecule has 0 aromatic heterocycles. The Hall–Kier alpha value is -5.45. The molecule has 5 aliphatic rings. The number of hydrogen-bond acceptors (Lipinski definition) is 10. The van der Waals surface area contributed by atoms with Crippen molar-refractivity contribution in [2.24, 2.45) is 22.7 Å². The molecule has 3 N–H and O–H groups in total. The number of benzene rings is 3. The summed E-state index contributed by atoms with van der Waals surface area (Å²) in [6.07, 6.45) is 3.16. The van der Waals surface area contributed by atoms with Gasteiger partial charge in [-0.05, 0) is 105 Å². The van der Waals surface area contributed by atoms with E-state index in [0.29, 0.717) is 44.9 Å². The Morgan fingerprint density at radius 3 is 2.17 bits per heavy atom. The van der Waals surface area contributed by atoms with Crippen LogP contribution in [0.4, 0.5) is 11.4 Å². The van der Waals surface area contributed by atoms with Gasteiger partial charge in [0.05, 0.1) is 21.7 Å². The van der Waals surface area contributed by atoms with Gasteiger partial charge in [0, 0.05) is 72.5 Å². The Kier molecular flexibility index (Phi) is 11.1. The van der Waals surface area contributed by atoms with Crippen molar-refractivity contribution in [2.75, 3.05) is 49.1 Å². The molecule has 2 atom stereocenters. The number of carbonyl (C=O) groups is 5. The fourth-order valence-corrected chi connectivity index (χ4v) is 10.6. The van der Waals surface area contributed by atoms with Crippen LogP contribution >= 0.6 is 11.6 Å². The van der Waals surface area contributed by atoms with Crippen molar-refractivity contribution in [2.45, 2.75) is 78.0 Å². The smallest absolute Gasteiger partial charge is 0.262 e. The predicted molar refractivity (Wildman–Crippen MR) is 227 cm³/mol. The third-order valence-corrected chi connectivity index (χ3v) is 13.8. The second kappa shape index (κ2) is 16.2. The number of carbonyl (C=O) groups excluding carboxylic acids is 5. The SMILES string of the molecule is CC1(C)C(NC(=O)c2ccc(N3CC[C@H](CNCC4CCN(c5ccc6c(c5)C(=O)N([C@@H]5CCC(=O)NC5=O)C6=O)CC4)C3)cc2)C(C)(C)C1Oc1ccc(C#N)c(Cl)c1. The summed E-state index contributed by atoms with van der Waals surface area (Å²) < 4.78 is 6.38. The lowest BCUT2D eigenvalue weighted by molar-refractivity contribution is -0.164. The number of amides is 5. The number of anilines is 2. The second-order valence-electron chi connectivity index (χ2n) is 18.2. The van der Waals surface area contributed by atoms with Crippen molar-refractivity contribution in [1.82, 2.24) is 20.9 Å². The molecule has 14 heteroatoms. The van der Waals surface area contributed by atoms with Crippen LogP contribution in [0.2, 0.25) is 5.02 Å². The fourth-order valence-electron chi connectivity index (χ4n) is 10.4. The number of imide groups is 2. The summed E-state index contributed by atoms with van der Waals surface area (Å²) in [6, 6.07) is 19.3. The molecule has 60 heavy (non-hydrogen) atoms. The Bertz CT molecular complexity index is 2250. The number of nitrogens with one attached hydrogen (secondary N) is 3. The van der Waals surface area contributed by atoms with Gasteiger partial charge < -0.3 is 25.2 Å². The van der Waals surface area contributed by atoms with E-state index >= 15 is 0 Å². The van der Waals surface area contributed by atoms with E-state index in [1.165, 1.54) is 0 Å². The summed E-state index contributed by atoms with van der Waals surface area (Å²) in [5, 5.41) is 18.8. The van der Waals surface area contributed by atoms with Crippen LogP contribution in [0.1, 0.15) is 96.4 Å². The standard InChI is InChI=1S/C46H52ClN7O6/c1-45(2)43(46(3,4)44(45)60-33-11-7-30(23-48)36(47)22-33)51-39(56)29-5-8-31(9-6-29)53-20-17-28(26-53)25-49-24-27-15-18-52(19-16-27)32-10-12-34-35(21-32)42(59)54(41(34)58)37-13-14-38(55)50-40(37)57/h5-12,21-22,27-28,37,43-44,49H,13-20,24-26H2,1-4H3,(H,51,56)(H,50,55,57)/t28-,37-,43?,44?/m1/s1. The van der Waals surface area contributed by atoms with Crippen molar-refractivity contribution in [3.63, 3.8) is 0 Å². The Labute approximate surface area is 355 Å². The van der Waals surface area contributed by atoms with Gasteiger partial charge in [-0.3, -0.25) is 34.2 Å². The summed E-state index contributed by atoms with van der Waals surface area (Å²) in [6.45, 7) is 13.9. The van der Waals surface area contributed by atoms with Gasteiger partial charge in [-0.15, -0.1) is 0 Å². The topological polar surface area (TPSA) is 164 Å². The molecule has 3 aromatic carbocycles. The van der Waals surface area contributed by atoms with Crippen molar-refractivity contribution >= 4 is 52.5 Å². The third-order valence-electron chi connectivity index (χ3n) is 13.5. The monoisotopic (exact) mass is 833 g/mol. The van der Waals surface area contributed by atoms with Crippen LogP contribution in [0.25, 0.3) is 0 Å². The normalized spacial score (nSPS) is 24.8. The van der Waals surface area contributed by atoms with E-state index in [9.17, 15) is 29.2 Å². The maximum Gasteiger partial charge on any atom is 0.262 e. The second-order valence-corrected chi connectivity index (χ2v) is 18.6. The van der Waals surface area contributed by atoms with Gasteiger partial charge >= 0.3 is 0 Å². The zero-order valence-corrected chi connectivity index (χ0v) is 35.3. The van der Waals surface area contributed by atoms with Gasteiger partial charge in [0.25, 0.3) is 17.7 Å². The van der Waals surface area contributed by atoms with Crippen LogP contribution in [0.5, 0.6) is 5.75 Å². The van der Waals surface area contributed by atoms with Crippen molar-refractivity contribution in [3.8, 4) is 11.8 Å². The number of nitriles is 1. The maximum absolute atomic E-state index is 13.5. The van der Waals surface area contributed by atoms with Crippen LogP contribution in [-0.2, 0) is 9.59 Å². The first-order valence-electron chi connectivity index (χ1n) is 21.0. The number of rotatable bonds is 11. The lowest BCUT2D eigenvalue weighted by atomic mass is 9.49. The highest BCUT2D eigenvalue weighted by Gasteiger charge is 2.64. The quantitative estimate of drug-likeness (QED) is 0.209. The molecule has 0 radical (unpaired) electrons. The van der Waals surface area contributed by atoms with Crippen LogP contribution in [0.3, 0.4) is 0 Å². The average molecular weight is 834 g/mol. The van der Waals surface area contributed by atoms with E-state index < -0.39 is 29.7 Å². The molecule has 3 saturated heterocycles. The largest absolute Gasteiger partial charge is 0.489 e. The molecule has 0 bridgehead atoms. The fraction of sp³-hybridized carbons (Fsp3) is 0.478. The minimum atomic E-state index is -0.971. The molecule has 0 unspecified atom stereocenters. The van der Waals surface area contributed by atoms with Crippen LogP contribution < -0.4 is 30.5 Å². The molecule has 5 amide bonds. The Morgan fingerprint density at radius 2 is 1.48 bits per heavy atom. The molecule has 3 aromatic rings. The molecule has 4 aliphatic heterocycles. The zero-order valence-electron chi connectivity index (χ0n) is 34.6. The number of hydrogen-bond donors (Lipinski definition) is 3. The van der Waals surface area contributed by atoms with Gasteiger partial charge in [0.15, 0.2) is 0 Å². The first-order valence-corrected chi connectivity index (χ1v) is 21.4. The van der Waals surface area contributed by atoms with Gasteiger partial charge in [0.2, 0.25) is 11.8 Å². The lowest BCUT2D eigenvalue weighted by Crippen LogP contribution is -2.74. The summed E-state index contributed by atoms with van der Waals surface area (Å²) in [7, 11) is 0. The highest BCUT2D eigenvalue weighted by molar-refractivity contribution is 6.31. The molecule has 4 fully saturated rings. The predicted octanol–water partition coefficient (Wildman–Crippen LogP) is 5.56. The molecule has 1 aliphatic carbocycles. The molecule has 13 nitrogen and oxygen atoms in total. The van der Waals surface area contributed by atoms with Crippen LogP contribution in [0.15, 0.2) is 60.7 Å². The summed E-state index contributed by atoms with van der Waals surface area (Å²) >= 11 is 6.25. The molecule has 1 saturated carbocycles. The lowest BCUT2D eigenvalue weighted by Gasteiger charge is -2.63. The van der Waals surface area contributed by atoms with Crippen molar-refractivity contribution < 1.29 is 28.7 Å². The Morgan fingerprint density at radius 1 is 0.833 bits per heavy atom. The van der Waals surface area contributed by atoms with Gasteiger partial charge in [0.1, 0.15) is 24.0 Å². The number of piperidine rings is 2. The Balaban J connectivity index is 0.767. The van der Waals surface area contributed by atoms with Gasteiger partial charge in [-0.2, -0.15) is 5.26 Å². The van der Waals surface area contributed by atoms with Crippen molar-refractivity contribution in [3.05, 3.63) is 87.9 Å². The first kappa shape index (κ1) is 41.3. The highest BCUT2D eigenvalue weighted by atomic mass is 35.5. The first-order chi connectivity index (χ1) is 28.6. The van der Waals surface area contributed by atoms with Crippen LogP contribution in [0, 0.1) is 34.0 Å². The summed E-state index contributed by atoms with van der Waals surface area (Å²) in [5.41, 5.74) is 2.93. The van der Waals surface area contributed by atoms with Gasteiger partial charge in [-0.25, -0.2) is 0 Å². The number of ether oxygens (including phenoxy) is 1. The molecule has 0 spiro atoms. The zero-order chi connectivity index (χ0) is 42.5. The number of nitrogens with zero attached hydrogens (tertiary/aromatic N) is 4. The highest BCUT2D eigenvalue weighted by Crippen LogP contribution is 2.55. The minimum absolute atomic E-state index is 0.0922. The van der Waals surface area contributed by atoms with E-state index in [1.807, 2.05) is 30.3 Å². The van der Waals surface area contributed by atoms with Crippen molar-refractivity contribution in [1.29, 1.82) is 5.26 Å². The molecular weight excluding hydrogens is 782 g/mol. The molecule has 4 heterocycles. The minimum Gasteiger partial charge on any atom is -0.489 e. The van der Waals surface area contributed by atoms with E-state index in [0.717, 1.165) is 74.8 Å². The van der Waals surface area contributed by atoms with E-state index in [-0.39, 0.29) is 41.7 Å². The maximum atomic E-state index is 13.5. The number of fused-ring (bicyclic) bond motifs is 1. The van der Waals surface area contributed by atoms with Crippen LogP contribution in [-0.4, -0.2) is 91.9 Å². The molecule has 8 rings (SSSR count). The molecule has 314 valence electrons. The van der Waals surface area contributed by atoms with E-state index in [2.05, 4.69) is 59.5 Å². The molecular formula is C46H52ClN7O6. The third kappa shape index (κ3) is 7.71. The van der Waals surface area contributed by atoms with E-state index in [1.54, 1.807) is 30.3 Å². The summed E-state index contributed by atoms with van der Waals surface area (Å²) in [5.74, 6) is -0.420. The summed E-state index contributed by atoms with van der Waals surface area (Å²) in [4.78, 5) is 69.6. The van der Waals surface area contributed by atoms with E-state index in [4.69, 9.17) is 16.3 Å². The van der Waals surface area contributed by atoms with Gasteiger partial charge in [-0.1, -0.05) is 39.3 Å².